The highest BCUT2D eigenvalue weighted by Gasteiger charge is 2.23. The van der Waals surface area contributed by atoms with Crippen LogP contribution in [0.25, 0.3) is 0 Å². The third-order valence-corrected chi connectivity index (χ3v) is 14.0. The number of anilines is 3. The Balaban J connectivity index is 1.50. The van der Waals surface area contributed by atoms with E-state index >= 15 is 0 Å². The minimum Gasteiger partial charge on any atom is -0.480 e. The third-order valence-electron chi connectivity index (χ3n) is 14.0. The van der Waals surface area contributed by atoms with Crippen LogP contribution in [0.3, 0.4) is 0 Å². The highest BCUT2D eigenvalue weighted by atomic mass is 16.5. The summed E-state index contributed by atoms with van der Waals surface area (Å²) in [5, 5.41) is 74.7. The number of amides is 7. The average Bonchev–Trinajstić information content (AvgIpc) is 1.14. The van der Waals surface area contributed by atoms with Crippen molar-refractivity contribution >= 4 is 81.9 Å². The van der Waals surface area contributed by atoms with Crippen molar-refractivity contribution in [3.05, 3.63) is 50.3 Å². The van der Waals surface area contributed by atoms with Gasteiger partial charge in [0.25, 0.3) is 10.9 Å². The average molecular weight is 1260 g/mol. The molecule has 7 amide bonds. The fourth-order valence-corrected chi connectivity index (χ4v) is 8.89. The number of nitrogens with one attached hydrogen (secondary N) is 5. The predicted octanol–water partition coefficient (Wildman–Crippen LogP) is 2.67. The topological polar surface area (TPSA) is 423 Å². The van der Waals surface area contributed by atoms with Crippen molar-refractivity contribution in [3.63, 3.8) is 0 Å². The molecule has 0 aliphatic rings. The van der Waals surface area contributed by atoms with E-state index in [4.69, 9.17) is 0 Å². The molecule has 0 aromatic heterocycles. The van der Waals surface area contributed by atoms with Gasteiger partial charge in [0.2, 0.25) is 41.4 Å². The number of carbonyl (C=O) groups excluding carboxylic acids is 9. The SMILES string of the molecule is CC(=O)N(O)CCCCCNC(=O)CCC(=O)N(O)CCCCCNC(=O)CCC(=O)N(O)CCCCCCC(=O)CCC(=O)N(O)CCCCCNc1c(NCCCC(=O)CN(CCN(CC(=O)O)CC(=O)Nc2ccc(C)cc2)CC(=O)O)c(=O)c1=O. The summed E-state index contributed by atoms with van der Waals surface area (Å²) in [7, 11) is 0. The molecule has 11 N–H and O–H groups in total. The van der Waals surface area contributed by atoms with Crippen LogP contribution in [0.4, 0.5) is 17.1 Å². The van der Waals surface area contributed by atoms with Gasteiger partial charge in [-0.25, -0.2) is 20.3 Å². The number of hydroxylamine groups is 8. The third kappa shape index (κ3) is 35.7. The maximum absolute atomic E-state index is 12.9. The molecule has 2 rings (SSSR count). The number of rotatable bonds is 52. The number of hydrogen-bond donors (Lipinski definition) is 11. The van der Waals surface area contributed by atoms with Gasteiger partial charge in [-0.15, -0.1) is 0 Å². The molecule has 0 unspecified atom stereocenters. The van der Waals surface area contributed by atoms with Gasteiger partial charge < -0.3 is 36.8 Å². The summed E-state index contributed by atoms with van der Waals surface area (Å²) in [5.41, 5.74) is 0.238. The van der Waals surface area contributed by atoms with Crippen LogP contribution >= 0.6 is 0 Å². The number of ketones is 2. The molecule has 0 bridgehead atoms. The zero-order valence-corrected chi connectivity index (χ0v) is 51.4. The second-order valence-corrected chi connectivity index (χ2v) is 21.8. The van der Waals surface area contributed by atoms with Gasteiger partial charge in [0.05, 0.1) is 26.2 Å². The summed E-state index contributed by atoms with van der Waals surface area (Å²) in [4.78, 5) is 160. The van der Waals surface area contributed by atoms with E-state index in [0.717, 1.165) is 5.56 Å². The summed E-state index contributed by atoms with van der Waals surface area (Å²) in [6, 6.07) is 7.01. The Bertz CT molecular complexity index is 2650. The van der Waals surface area contributed by atoms with E-state index in [1.807, 2.05) is 6.92 Å². The Morgan fingerprint density at radius 2 is 0.787 bits per heavy atom. The van der Waals surface area contributed by atoms with Crippen LogP contribution in [0.2, 0.25) is 0 Å². The summed E-state index contributed by atoms with van der Waals surface area (Å²) in [5.74, 6) is -6.33. The van der Waals surface area contributed by atoms with Crippen LogP contribution in [-0.4, -0.2) is 218 Å². The van der Waals surface area contributed by atoms with Crippen LogP contribution in [0, 0.1) is 6.92 Å². The van der Waals surface area contributed by atoms with Crippen molar-refractivity contribution in [3.8, 4) is 0 Å². The lowest BCUT2D eigenvalue weighted by Gasteiger charge is -2.25. The molecule has 0 fully saturated rings. The number of carboxylic acids is 2. The summed E-state index contributed by atoms with van der Waals surface area (Å²) >= 11 is 0. The summed E-state index contributed by atoms with van der Waals surface area (Å²) in [6.07, 6.45) is 6.73. The van der Waals surface area contributed by atoms with E-state index in [2.05, 4.69) is 26.6 Å². The molecule has 30 heteroatoms. The molecular weight excluding hydrogens is 1170 g/mol. The molecular formula is C59H93N11O19. The van der Waals surface area contributed by atoms with Crippen LogP contribution in [0.15, 0.2) is 33.9 Å². The fourth-order valence-electron chi connectivity index (χ4n) is 8.89. The van der Waals surface area contributed by atoms with E-state index in [1.165, 1.54) is 16.7 Å². The van der Waals surface area contributed by atoms with Crippen LogP contribution in [0.1, 0.15) is 154 Å². The standard InChI is InChI=1S/C59H93N11O19/c1-43-19-21-45(22-20-43)64-50(76)40-66(42-55(82)83)38-37-65(41-54(80)81)39-47(73)18-16-32-63-57-56(58(84)59(57)85)62-31-11-7-15-35-68(87)51(77)26-23-46(72)17-8-3-4-12-34-69(88)52(78)27-24-49(75)61-30-10-6-14-36-70(89)53(79)28-25-48(74)60-29-9-5-13-33-67(86)44(2)71/h19-22,62-63,86-89H,3-18,23-42H2,1-2H3,(H,60,74)(H,61,75)(H,64,76)(H,80,81)(H,82,83). The largest absolute Gasteiger partial charge is 0.480 e. The Morgan fingerprint density at radius 3 is 1.25 bits per heavy atom. The Kier molecular flexibility index (Phi) is 38.8. The number of carbonyl (C=O) groups is 11. The molecule has 0 heterocycles. The van der Waals surface area contributed by atoms with Crippen molar-refractivity contribution in [2.24, 2.45) is 0 Å². The predicted molar refractivity (Wildman–Crippen MR) is 324 cm³/mol. The number of carboxylic acid groups (broad SMARTS) is 2. The Hall–Kier alpha value is -7.77. The first-order valence-corrected chi connectivity index (χ1v) is 30.4. The van der Waals surface area contributed by atoms with Gasteiger partial charge >= 0.3 is 11.9 Å². The lowest BCUT2D eigenvalue weighted by atomic mass is 10.1. The summed E-state index contributed by atoms with van der Waals surface area (Å²) < 4.78 is 0. The van der Waals surface area contributed by atoms with Crippen molar-refractivity contribution in [1.29, 1.82) is 0 Å². The molecule has 2 aromatic rings. The number of aryl methyl sites for hydroxylation is 1. The monoisotopic (exact) mass is 1260 g/mol. The molecule has 0 radical (unpaired) electrons. The zero-order valence-electron chi connectivity index (χ0n) is 51.4. The first-order valence-electron chi connectivity index (χ1n) is 30.4. The minimum absolute atomic E-state index is 0.000116. The van der Waals surface area contributed by atoms with Crippen molar-refractivity contribution < 1.29 is 83.8 Å². The minimum atomic E-state index is -1.21. The number of aliphatic carboxylic acids is 2. The molecule has 0 aliphatic carbocycles. The molecule has 0 aliphatic heterocycles. The molecule has 2 aromatic carbocycles. The van der Waals surface area contributed by atoms with E-state index in [0.29, 0.717) is 129 Å². The highest BCUT2D eigenvalue weighted by Crippen LogP contribution is 2.16. The van der Waals surface area contributed by atoms with Crippen molar-refractivity contribution in [1.82, 2.24) is 40.7 Å². The van der Waals surface area contributed by atoms with Gasteiger partial charge in [0.15, 0.2) is 0 Å². The maximum atomic E-state index is 12.9. The Labute approximate surface area is 517 Å². The van der Waals surface area contributed by atoms with E-state index in [-0.39, 0.29) is 151 Å². The number of benzene rings is 1. The number of nitrogens with zero attached hydrogens (tertiary/aromatic N) is 6. The highest BCUT2D eigenvalue weighted by molar-refractivity contribution is 5.92. The lowest BCUT2D eigenvalue weighted by molar-refractivity contribution is -0.166. The number of unbranched alkanes of at least 4 members (excludes halogenated alkanes) is 9. The quantitative estimate of drug-likeness (QED) is 0.0196. The molecule has 498 valence electrons. The molecule has 0 spiro atoms. The fraction of sp³-hybridized carbons (Fsp3) is 0.644. The van der Waals surface area contributed by atoms with Gasteiger partial charge in [-0.1, -0.05) is 30.5 Å². The van der Waals surface area contributed by atoms with Crippen LogP contribution in [-0.2, 0) is 52.7 Å². The normalized spacial score (nSPS) is 11.1. The zero-order chi connectivity index (χ0) is 66.1. The van der Waals surface area contributed by atoms with Crippen molar-refractivity contribution in [2.75, 3.05) is 108 Å². The van der Waals surface area contributed by atoms with E-state index in [1.54, 1.807) is 24.3 Å². The van der Waals surface area contributed by atoms with Crippen LogP contribution in [0.5, 0.6) is 0 Å². The van der Waals surface area contributed by atoms with Gasteiger partial charge in [-0.2, -0.15) is 0 Å². The molecule has 0 saturated heterocycles. The first-order chi connectivity index (χ1) is 42.4. The molecule has 0 saturated carbocycles. The van der Waals surface area contributed by atoms with Gasteiger partial charge in [0, 0.05) is 129 Å². The van der Waals surface area contributed by atoms with E-state index in [9.17, 15) is 93.4 Å². The summed E-state index contributed by atoms with van der Waals surface area (Å²) in [6.45, 7) is 2.98. The van der Waals surface area contributed by atoms with Gasteiger partial charge in [-0.05, 0) is 96.1 Å². The van der Waals surface area contributed by atoms with Crippen LogP contribution < -0.4 is 37.4 Å². The molecule has 30 nitrogen and oxygen atoms in total. The Morgan fingerprint density at radius 1 is 0.393 bits per heavy atom. The molecule has 89 heavy (non-hydrogen) atoms. The smallest absolute Gasteiger partial charge is 0.317 e. The second kappa shape index (κ2) is 44.6. The van der Waals surface area contributed by atoms with Gasteiger partial charge in [-0.3, -0.25) is 93.0 Å². The maximum Gasteiger partial charge on any atom is 0.317 e. The molecule has 0 atom stereocenters. The van der Waals surface area contributed by atoms with Gasteiger partial charge in [0.1, 0.15) is 22.9 Å². The van der Waals surface area contributed by atoms with Crippen molar-refractivity contribution in [2.45, 2.75) is 155 Å². The second-order valence-electron chi connectivity index (χ2n) is 21.8. The number of Topliss-reactive ketones (excluding diaryl/α,β-unsaturated/α-hetero) is 2. The lowest BCUT2D eigenvalue weighted by Crippen LogP contribution is -2.44. The number of hydrogen-bond acceptors (Lipinski definition) is 21. The first kappa shape index (κ1) is 77.3. The van der Waals surface area contributed by atoms with E-state index < -0.39 is 65.4 Å².